The van der Waals surface area contributed by atoms with E-state index < -0.39 is 0 Å². The van der Waals surface area contributed by atoms with Crippen LogP contribution in [0.5, 0.6) is 5.75 Å². The van der Waals surface area contributed by atoms with Crippen molar-refractivity contribution in [3.63, 3.8) is 0 Å². The quantitative estimate of drug-likeness (QED) is 0.630. The Morgan fingerprint density at radius 1 is 1.07 bits per heavy atom. The zero-order chi connectivity index (χ0) is 19.8. The number of aryl methyl sites for hydroxylation is 1. The fourth-order valence-corrected chi connectivity index (χ4v) is 2.81. The summed E-state index contributed by atoms with van der Waals surface area (Å²) in [7, 11) is 1.64. The summed E-state index contributed by atoms with van der Waals surface area (Å²) in [5.41, 5.74) is 3.83. The lowest BCUT2D eigenvalue weighted by Gasteiger charge is -2.09. The van der Waals surface area contributed by atoms with Gasteiger partial charge in [-0.2, -0.15) is 0 Å². The van der Waals surface area contributed by atoms with E-state index in [-0.39, 0.29) is 5.91 Å². The molecule has 0 saturated carbocycles. The molecule has 0 bridgehead atoms. The molecule has 0 unspecified atom stereocenters. The predicted molar refractivity (Wildman–Crippen MR) is 110 cm³/mol. The van der Waals surface area contributed by atoms with E-state index in [9.17, 15) is 4.79 Å². The number of carbonyl (C=O) groups excluding carboxylic acids is 1. The minimum absolute atomic E-state index is 0.218. The molecule has 0 aliphatic rings. The number of rotatable bonds is 8. The minimum Gasteiger partial charge on any atom is -0.497 e. The zero-order valence-corrected chi connectivity index (χ0v) is 16.1. The molecule has 2 aromatic carbocycles. The van der Waals surface area contributed by atoms with Crippen molar-refractivity contribution in [3.8, 4) is 5.75 Å². The smallest absolute Gasteiger partial charge is 0.270 e. The standard InChI is InChI=1S/C22H24N4O2/c1-16-6-3-4-8-18(16)14-24-21-13-20(25-15-26-21)22(27)23-11-10-17-7-5-9-19(12-17)28-2/h3-9,12-13,15H,10-11,14H2,1-2H3,(H,23,27)(H,24,25,26). The highest BCUT2D eigenvalue weighted by atomic mass is 16.5. The lowest BCUT2D eigenvalue weighted by atomic mass is 10.1. The van der Waals surface area contributed by atoms with Crippen molar-refractivity contribution < 1.29 is 9.53 Å². The maximum absolute atomic E-state index is 12.4. The highest BCUT2D eigenvalue weighted by Gasteiger charge is 2.09. The average molecular weight is 376 g/mol. The molecule has 1 heterocycles. The van der Waals surface area contributed by atoms with Crippen LogP contribution in [-0.4, -0.2) is 29.5 Å². The molecule has 1 amide bonds. The Labute approximate surface area is 165 Å². The van der Waals surface area contributed by atoms with E-state index in [1.54, 1.807) is 13.2 Å². The number of benzene rings is 2. The van der Waals surface area contributed by atoms with E-state index >= 15 is 0 Å². The van der Waals surface area contributed by atoms with E-state index in [0.29, 0.717) is 31.0 Å². The van der Waals surface area contributed by atoms with Gasteiger partial charge in [-0.05, 0) is 42.2 Å². The Hall–Kier alpha value is -3.41. The number of hydrogen-bond donors (Lipinski definition) is 2. The van der Waals surface area contributed by atoms with Crippen LogP contribution in [0, 0.1) is 6.92 Å². The second kappa shape index (κ2) is 9.50. The van der Waals surface area contributed by atoms with Gasteiger partial charge in [0.15, 0.2) is 0 Å². The van der Waals surface area contributed by atoms with Crippen LogP contribution in [-0.2, 0) is 13.0 Å². The highest BCUT2D eigenvalue weighted by Crippen LogP contribution is 2.13. The van der Waals surface area contributed by atoms with Gasteiger partial charge >= 0.3 is 0 Å². The van der Waals surface area contributed by atoms with Crippen LogP contribution >= 0.6 is 0 Å². The third-order valence-electron chi connectivity index (χ3n) is 4.45. The van der Waals surface area contributed by atoms with Crippen molar-refractivity contribution in [3.05, 3.63) is 83.3 Å². The van der Waals surface area contributed by atoms with Crippen molar-refractivity contribution >= 4 is 11.7 Å². The monoisotopic (exact) mass is 376 g/mol. The van der Waals surface area contributed by atoms with Gasteiger partial charge in [0, 0.05) is 19.2 Å². The van der Waals surface area contributed by atoms with Gasteiger partial charge in [0.2, 0.25) is 0 Å². The topological polar surface area (TPSA) is 76.1 Å². The first-order valence-electron chi connectivity index (χ1n) is 9.17. The molecule has 1 aromatic heterocycles. The summed E-state index contributed by atoms with van der Waals surface area (Å²) in [6.45, 7) is 3.22. The van der Waals surface area contributed by atoms with Crippen molar-refractivity contribution in [1.29, 1.82) is 0 Å². The Bertz CT molecular complexity index is 943. The molecule has 0 aliphatic carbocycles. The lowest BCUT2D eigenvalue weighted by Crippen LogP contribution is -2.26. The molecule has 28 heavy (non-hydrogen) atoms. The van der Waals surface area contributed by atoms with E-state index in [1.807, 2.05) is 36.4 Å². The van der Waals surface area contributed by atoms with E-state index in [1.165, 1.54) is 17.5 Å². The number of anilines is 1. The van der Waals surface area contributed by atoms with Crippen LogP contribution in [0.3, 0.4) is 0 Å². The van der Waals surface area contributed by atoms with Crippen LogP contribution in [0.1, 0.15) is 27.2 Å². The number of ether oxygens (including phenoxy) is 1. The van der Waals surface area contributed by atoms with Crippen LogP contribution in [0.15, 0.2) is 60.9 Å². The van der Waals surface area contributed by atoms with Crippen molar-refractivity contribution in [2.75, 3.05) is 19.0 Å². The summed E-state index contributed by atoms with van der Waals surface area (Å²) >= 11 is 0. The number of nitrogens with zero attached hydrogens (tertiary/aromatic N) is 2. The van der Waals surface area contributed by atoms with E-state index in [4.69, 9.17) is 4.74 Å². The van der Waals surface area contributed by atoms with Gasteiger partial charge in [-0.15, -0.1) is 0 Å². The molecule has 3 aromatic rings. The summed E-state index contributed by atoms with van der Waals surface area (Å²) in [6.07, 6.45) is 2.11. The predicted octanol–water partition coefficient (Wildman–Crippen LogP) is 3.38. The molecule has 0 atom stereocenters. The van der Waals surface area contributed by atoms with Gasteiger partial charge in [0.1, 0.15) is 23.6 Å². The molecule has 0 spiro atoms. The second-order valence-electron chi connectivity index (χ2n) is 6.43. The Morgan fingerprint density at radius 2 is 1.93 bits per heavy atom. The molecule has 0 fully saturated rings. The van der Waals surface area contributed by atoms with Gasteiger partial charge < -0.3 is 15.4 Å². The number of carbonyl (C=O) groups is 1. The molecule has 6 nitrogen and oxygen atoms in total. The van der Waals surface area contributed by atoms with Crippen LogP contribution in [0.2, 0.25) is 0 Å². The molecule has 6 heteroatoms. The fraction of sp³-hybridized carbons (Fsp3) is 0.227. The van der Waals surface area contributed by atoms with Crippen LogP contribution < -0.4 is 15.4 Å². The highest BCUT2D eigenvalue weighted by molar-refractivity contribution is 5.92. The molecule has 0 saturated heterocycles. The summed E-state index contributed by atoms with van der Waals surface area (Å²) < 4.78 is 5.22. The van der Waals surface area contributed by atoms with Crippen molar-refractivity contribution in [2.24, 2.45) is 0 Å². The third-order valence-corrected chi connectivity index (χ3v) is 4.45. The molecule has 3 rings (SSSR count). The fourth-order valence-electron chi connectivity index (χ4n) is 2.81. The summed E-state index contributed by atoms with van der Waals surface area (Å²) in [5, 5.41) is 6.14. The molecule has 2 N–H and O–H groups in total. The van der Waals surface area contributed by atoms with Crippen LogP contribution in [0.4, 0.5) is 5.82 Å². The largest absolute Gasteiger partial charge is 0.497 e. The number of nitrogens with one attached hydrogen (secondary N) is 2. The summed E-state index contributed by atoms with van der Waals surface area (Å²) in [4.78, 5) is 20.7. The first kappa shape index (κ1) is 19.4. The van der Waals surface area contributed by atoms with E-state index in [2.05, 4.69) is 39.7 Å². The summed E-state index contributed by atoms with van der Waals surface area (Å²) in [5.74, 6) is 1.21. The second-order valence-corrected chi connectivity index (χ2v) is 6.43. The maximum Gasteiger partial charge on any atom is 0.270 e. The van der Waals surface area contributed by atoms with Gasteiger partial charge in [-0.25, -0.2) is 9.97 Å². The van der Waals surface area contributed by atoms with Gasteiger partial charge in [0.05, 0.1) is 7.11 Å². The first-order valence-corrected chi connectivity index (χ1v) is 9.17. The Kier molecular flexibility index (Phi) is 6.57. The van der Waals surface area contributed by atoms with Crippen molar-refractivity contribution in [2.45, 2.75) is 19.9 Å². The normalized spacial score (nSPS) is 10.4. The Morgan fingerprint density at radius 3 is 2.75 bits per heavy atom. The van der Waals surface area contributed by atoms with Crippen LogP contribution in [0.25, 0.3) is 0 Å². The average Bonchev–Trinajstić information content (AvgIpc) is 2.73. The molecule has 0 aliphatic heterocycles. The first-order chi connectivity index (χ1) is 13.7. The van der Waals surface area contributed by atoms with Gasteiger partial charge in [-0.3, -0.25) is 4.79 Å². The van der Waals surface area contributed by atoms with E-state index in [0.717, 1.165) is 11.3 Å². The van der Waals surface area contributed by atoms with Crippen molar-refractivity contribution in [1.82, 2.24) is 15.3 Å². The molecule has 144 valence electrons. The lowest BCUT2D eigenvalue weighted by molar-refractivity contribution is 0.0949. The number of amides is 1. The minimum atomic E-state index is -0.218. The summed E-state index contributed by atoms with van der Waals surface area (Å²) in [6, 6.07) is 17.6. The number of methoxy groups -OCH3 is 1. The zero-order valence-electron chi connectivity index (χ0n) is 16.1. The molecular formula is C22H24N4O2. The Balaban J connectivity index is 1.54. The number of aromatic nitrogens is 2. The SMILES string of the molecule is COc1cccc(CCNC(=O)c2cc(NCc3ccccc3C)ncn2)c1. The molecular weight excluding hydrogens is 352 g/mol. The number of hydrogen-bond acceptors (Lipinski definition) is 5. The van der Waals surface area contributed by atoms with Gasteiger partial charge in [0.25, 0.3) is 5.91 Å². The molecule has 0 radical (unpaired) electrons. The van der Waals surface area contributed by atoms with Gasteiger partial charge in [-0.1, -0.05) is 36.4 Å². The third kappa shape index (κ3) is 5.30. The maximum atomic E-state index is 12.4.